The fraction of sp³-hybridized carbons (Fsp3) is 0.857. The maximum absolute atomic E-state index is 12.1. The molecule has 1 aliphatic heterocycles. The van der Waals surface area contributed by atoms with E-state index in [2.05, 4.69) is 25.8 Å². The second-order valence-corrected chi connectivity index (χ2v) is 5.95. The van der Waals surface area contributed by atoms with Gasteiger partial charge in [0.2, 0.25) is 0 Å². The van der Waals surface area contributed by atoms with Gasteiger partial charge in [-0.3, -0.25) is 0 Å². The fourth-order valence-electron chi connectivity index (χ4n) is 3.81. The summed E-state index contributed by atoms with van der Waals surface area (Å²) in [6, 6.07) is -0.123. The van der Waals surface area contributed by atoms with Gasteiger partial charge in [0, 0.05) is 6.54 Å². The number of amidine groups is 1. The second-order valence-electron chi connectivity index (χ2n) is 5.95. The number of hydrogen-bond acceptors (Lipinski definition) is 2. The molecule has 2 N–H and O–H groups in total. The van der Waals surface area contributed by atoms with Crippen molar-refractivity contribution < 1.29 is 4.79 Å². The van der Waals surface area contributed by atoms with Crippen LogP contribution in [-0.2, 0) is 0 Å². The Hall–Kier alpha value is -1.06. The van der Waals surface area contributed by atoms with E-state index in [-0.39, 0.29) is 11.6 Å². The Labute approximate surface area is 110 Å². The third-order valence-corrected chi connectivity index (χ3v) is 4.56. The highest BCUT2D eigenvalue weighted by Crippen LogP contribution is 2.45. The number of nitrogens with two attached hydrogens (primary N) is 1. The van der Waals surface area contributed by atoms with Gasteiger partial charge in [-0.2, -0.15) is 4.99 Å². The number of hydrogen-bond donors (Lipinski definition) is 1. The van der Waals surface area contributed by atoms with Crippen LogP contribution in [0.2, 0.25) is 0 Å². The van der Waals surface area contributed by atoms with E-state index in [0.717, 1.165) is 32.2 Å². The van der Waals surface area contributed by atoms with Crippen molar-refractivity contribution in [3.63, 3.8) is 0 Å². The summed E-state index contributed by atoms with van der Waals surface area (Å²) < 4.78 is 0. The van der Waals surface area contributed by atoms with Crippen molar-refractivity contribution in [3.05, 3.63) is 0 Å². The third-order valence-electron chi connectivity index (χ3n) is 4.56. The summed E-state index contributed by atoms with van der Waals surface area (Å²) in [5.74, 6) is 1.55. The van der Waals surface area contributed by atoms with Crippen molar-refractivity contribution in [2.75, 3.05) is 6.54 Å². The van der Waals surface area contributed by atoms with Gasteiger partial charge in [-0.15, -0.1) is 0 Å². The number of nitrogens with zero attached hydrogens (tertiary/aromatic N) is 2. The average molecular weight is 251 g/mol. The molecule has 1 spiro atoms. The van der Waals surface area contributed by atoms with Crippen LogP contribution in [0.25, 0.3) is 0 Å². The molecule has 0 aromatic rings. The molecule has 1 fully saturated rings. The number of carbonyl (C=O) groups is 1. The van der Waals surface area contributed by atoms with Crippen LogP contribution in [0.3, 0.4) is 0 Å². The van der Waals surface area contributed by atoms with E-state index in [1.54, 1.807) is 0 Å². The lowest BCUT2D eigenvalue weighted by molar-refractivity contribution is 0.0692. The Kier molecular flexibility index (Phi) is 3.64. The fourth-order valence-corrected chi connectivity index (χ4v) is 3.81. The van der Waals surface area contributed by atoms with Crippen LogP contribution in [0.5, 0.6) is 0 Å². The Morgan fingerprint density at radius 2 is 2.22 bits per heavy atom. The van der Waals surface area contributed by atoms with Gasteiger partial charge in [-0.25, -0.2) is 4.79 Å². The summed E-state index contributed by atoms with van der Waals surface area (Å²) in [5, 5.41) is 0. The summed E-state index contributed by atoms with van der Waals surface area (Å²) in [5.41, 5.74) is 5.89. The van der Waals surface area contributed by atoms with Gasteiger partial charge in [0.15, 0.2) is 0 Å². The monoisotopic (exact) mass is 251 g/mol. The minimum Gasteiger partial charge on any atom is -0.385 e. The zero-order valence-corrected chi connectivity index (χ0v) is 11.8. The molecule has 2 rings (SSSR count). The van der Waals surface area contributed by atoms with Crippen LogP contribution in [0.4, 0.5) is 4.79 Å². The molecular weight excluding hydrogens is 226 g/mol. The number of rotatable bonds is 3. The normalized spacial score (nSPS) is 32.4. The number of urea groups is 1. The molecule has 2 amide bonds. The minimum atomic E-state index is -0.278. The minimum absolute atomic E-state index is 0.123. The predicted octanol–water partition coefficient (Wildman–Crippen LogP) is 2.77. The first-order valence-corrected chi connectivity index (χ1v) is 7.20. The third kappa shape index (κ3) is 1.82. The molecule has 1 saturated carbocycles. The van der Waals surface area contributed by atoms with Crippen LogP contribution in [0, 0.1) is 11.8 Å². The van der Waals surface area contributed by atoms with Crippen LogP contribution < -0.4 is 5.73 Å². The first kappa shape index (κ1) is 13.4. The highest BCUT2D eigenvalue weighted by atomic mass is 16.2. The Balaban J connectivity index is 2.40. The maximum atomic E-state index is 12.1. The standard InChI is InChI=1S/C14H25N3O/c1-4-9-17-13(18)16-12(15)14(17)8-6-5-7-11(14)10(2)3/h10-11H,4-9H2,1-3H3,(H2,15,16,18). The SMILES string of the molecule is CCCN1C(=O)N=C(N)C12CCCCC2C(C)C. The highest BCUT2D eigenvalue weighted by Gasteiger charge is 2.54. The number of aliphatic imine (C=N–C) groups is 1. The first-order chi connectivity index (χ1) is 8.54. The molecule has 0 aromatic heterocycles. The van der Waals surface area contributed by atoms with Gasteiger partial charge in [-0.05, 0) is 31.1 Å². The molecule has 102 valence electrons. The zero-order valence-electron chi connectivity index (χ0n) is 11.8. The van der Waals surface area contributed by atoms with E-state index in [1.807, 2.05) is 4.90 Å². The topological polar surface area (TPSA) is 58.7 Å². The highest BCUT2D eigenvalue weighted by molar-refractivity contribution is 6.06. The lowest BCUT2D eigenvalue weighted by atomic mass is 9.66. The van der Waals surface area contributed by atoms with Gasteiger partial charge >= 0.3 is 6.03 Å². The maximum Gasteiger partial charge on any atom is 0.346 e. The Morgan fingerprint density at radius 3 is 2.83 bits per heavy atom. The molecule has 4 nitrogen and oxygen atoms in total. The Bertz CT molecular complexity index is 364. The van der Waals surface area contributed by atoms with Crippen LogP contribution >= 0.6 is 0 Å². The molecule has 18 heavy (non-hydrogen) atoms. The molecule has 2 atom stereocenters. The zero-order chi connectivity index (χ0) is 13.3. The van der Waals surface area contributed by atoms with Gasteiger partial charge in [0.1, 0.15) is 11.4 Å². The molecule has 2 aliphatic rings. The van der Waals surface area contributed by atoms with Crippen LogP contribution in [0.1, 0.15) is 52.9 Å². The molecule has 0 saturated heterocycles. The molecule has 0 aromatic carbocycles. The summed E-state index contributed by atoms with van der Waals surface area (Å²) in [4.78, 5) is 18.1. The predicted molar refractivity (Wildman–Crippen MR) is 73.5 cm³/mol. The Morgan fingerprint density at radius 1 is 1.50 bits per heavy atom. The molecular formula is C14H25N3O. The van der Waals surface area contributed by atoms with E-state index >= 15 is 0 Å². The molecule has 1 aliphatic carbocycles. The second kappa shape index (κ2) is 4.90. The van der Waals surface area contributed by atoms with E-state index in [1.165, 1.54) is 6.42 Å². The molecule has 0 bridgehead atoms. The van der Waals surface area contributed by atoms with E-state index in [9.17, 15) is 4.79 Å². The van der Waals surface area contributed by atoms with Gasteiger partial charge in [0.05, 0.1) is 0 Å². The summed E-state index contributed by atoms with van der Waals surface area (Å²) >= 11 is 0. The first-order valence-electron chi connectivity index (χ1n) is 7.20. The smallest absolute Gasteiger partial charge is 0.346 e. The van der Waals surface area contributed by atoms with Gasteiger partial charge in [0.25, 0.3) is 0 Å². The van der Waals surface area contributed by atoms with Crippen molar-refractivity contribution >= 4 is 11.9 Å². The molecule has 1 heterocycles. The van der Waals surface area contributed by atoms with Crippen LogP contribution in [0.15, 0.2) is 4.99 Å². The molecule has 0 radical (unpaired) electrons. The van der Waals surface area contributed by atoms with E-state index in [0.29, 0.717) is 17.7 Å². The van der Waals surface area contributed by atoms with Gasteiger partial charge in [-0.1, -0.05) is 33.6 Å². The lowest BCUT2D eigenvalue weighted by Gasteiger charge is -2.48. The van der Waals surface area contributed by atoms with Crippen molar-refractivity contribution in [1.29, 1.82) is 0 Å². The molecule has 4 heteroatoms. The van der Waals surface area contributed by atoms with E-state index < -0.39 is 0 Å². The number of amides is 2. The molecule has 2 unspecified atom stereocenters. The van der Waals surface area contributed by atoms with E-state index in [4.69, 9.17) is 5.73 Å². The summed E-state index contributed by atoms with van der Waals surface area (Å²) in [6.07, 6.45) is 5.48. The van der Waals surface area contributed by atoms with Crippen molar-refractivity contribution in [2.45, 2.75) is 58.4 Å². The van der Waals surface area contributed by atoms with Crippen molar-refractivity contribution in [3.8, 4) is 0 Å². The van der Waals surface area contributed by atoms with Crippen molar-refractivity contribution in [2.24, 2.45) is 22.6 Å². The quantitative estimate of drug-likeness (QED) is 0.838. The van der Waals surface area contributed by atoms with Crippen LogP contribution in [-0.4, -0.2) is 28.9 Å². The summed E-state index contributed by atoms with van der Waals surface area (Å²) in [6.45, 7) is 7.34. The average Bonchev–Trinajstić information content (AvgIpc) is 2.55. The van der Waals surface area contributed by atoms with Crippen molar-refractivity contribution in [1.82, 2.24) is 4.90 Å². The van der Waals surface area contributed by atoms with Gasteiger partial charge < -0.3 is 10.6 Å². The largest absolute Gasteiger partial charge is 0.385 e. The number of carbonyl (C=O) groups excluding carboxylic acids is 1. The summed E-state index contributed by atoms with van der Waals surface area (Å²) in [7, 11) is 0. The lowest BCUT2D eigenvalue weighted by Crippen LogP contribution is -2.61.